The van der Waals surface area contributed by atoms with Crippen LogP contribution in [0.5, 0.6) is 0 Å². The highest BCUT2D eigenvalue weighted by molar-refractivity contribution is 5.87. The van der Waals surface area contributed by atoms with Gasteiger partial charge in [0.2, 0.25) is 0 Å². The minimum absolute atomic E-state index is 0.388. The highest BCUT2D eigenvalue weighted by Gasteiger charge is 2.08. The summed E-state index contributed by atoms with van der Waals surface area (Å²) >= 11 is 0. The monoisotopic (exact) mass is 332 g/mol. The minimum Gasteiger partial charge on any atom is -0.306 e. The van der Waals surface area contributed by atoms with E-state index in [1.165, 1.54) is 16.3 Å². The average Bonchev–Trinajstić information content (AvgIpc) is 2.66. The van der Waals surface area contributed by atoms with E-state index >= 15 is 0 Å². The molecule has 25 heavy (non-hydrogen) atoms. The number of hydrogen-bond acceptors (Lipinski definition) is 4. The highest BCUT2D eigenvalue weighted by Crippen LogP contribution is 2.18. The Hall–Kier alpha value is -2.75. The van der Waals surface area contributed by atoms with Crippen molar-refractivity contribution in [2.45, 2.75) is 27.2 Å². The first kappa shape index (κ1) is 17.1. The Morgan fingerprint density at radius 1 is 1.28 bits per heavy atom. The molecule has 1 aliphatic rings. The van der Waals surface area contributed by atoms with Crippen molar-refractivity contribution in [2.24, 2.45) is 16.0 Å². The number of hydrazone groups is 1. The van der Waals surface area contributed by atoms with Gasteiger partial charge in [0, 0.05) is 29.7 Å². The molecule has 0 aliphatic carbocycles. The lowest BCUT2D eigenvalue weighted by Gasteiger charge is -2.12. The third-order valence-corrected chi connectivity index (χ3v) is 4.59. The van der Waals surface area contributed by atoms with Crippen molar-refractivity contribution in [3.8, 4) is 0 Å². The van der Waals surface area contributed by atoms with Gasteiger partial charge in [-0.2, -0.15) is 5.10 Å². The third kappa shape index (κ3) is 4.41. The lowest BCUT2D eigenvalue weighted by atomic mass is 9.96. The third-order valence-electron chi connectivity index (χ3n) is 4.59. The molecule has 2 heterocycles. The molecule has 1 aliphatic heterocycles. The van der Waals surface area contributed by atoms with E-state index < -0.39 is 0 Å². The van der Waals surface area contributed by atoms with Crippen molar-refractivity contribution in [3.63, 3.8) is 0 Å². The number of allylic oxidation sites excluding steroid dienone is 2. The molecule has 1 aromatic carbocycles. The Morgan fingerprint density at radius 3 is 2.96 bits per heavy atom. The van der Waals surface area contributed by atoms with Crippen LogP contribution in [-0.4, -0.2) is 23.5 Å². The van der Waals surface area contributed by atoms with Crippen LogP contribution in [0.3, 0.4) is 0 Å². The maximum Gasteiger partial charge on any atom is 0.0541 e. The van der Waals surface area contributed by atoms with Gasteiger partial charge >= 0.3 is 0 Å². The molecule has 3 rings (SSSR count). The van der Waals surface area contributed by atoms with E-state index in [0.717, 1.165) is 29.8 Å². The number of aliphatic imine (C=N–C) groups is 1. The second-order valence-electron chi connectivity index (χ2n) is 6.52. The molecule has 1 N–H and O–H groups in total. The lowest BCUT2D eigenvalue weighted by molar-refractivity contribution is 0.763. The van der Waals surface area contributed by atoms with E-state index in [1.807, 2.05) is 24.8 Å². The molecule has 4 heteroatoms. The van der Waals surface area contributed by atoms with Gasteiger partial charge in [-0.3, -0.25) is 9.98 Å². The molecule has 1 unspecified atom stereocenters. The topological polar surface area (TPSA) is 49.6 Å². The molecular formula is C21H24N4. The van der Waals surface area contributed by atoms with Crippen LogP contribution in [0.1, 0.15) is 26.3 Å². The van der Waals surface area contributed by atoms with E-state index in [0.29, 0.717) is 5.92 Å². The maximum absolute atomic E-state index is 4.68. The predicted molar refractivity (Wildman–Crippen MR) is 106 cm³/mol. The summed E-state index contributed by atoms with van der Waals surface area (Å²) in [4.78, 5) is 8.85. The van der Waals surface area contributed by atoms with Gasteiger partial charge in [0.25, 0.3) is 0 Å². The van der Waals surface area contributed by atoms with Crippen molar-refractivity contribution >= 4 is 22.7 Å². The number of pyridine rings is 1. The van der Waals surface area contributed by atoms with Crippen molar-refractivity contribution in [1.29, 1.82) is 0 Å². The number of fused-ring (bicyclic) bond motifs is 1. The van der Waals surface area contributed by atoms with Crippen LogP contribution in [0.15, 0.2) is 70.2 Å². The van der Waals surface area contributed by atoms with Crippen LogP contribution in [-0.2, 0) is 6.42 Å². The number of rotatable bonds is 5. The molecule has 0 spiro atoms. The van der Waals surface area contributed by atoms with Crippen LogP contribution in [0.4, 0.5) is 0 Å². The first-order valence-corrected chi connectivity index (χ1v) is 8.63. The Balaban J connectivity index is 1.69. The van der Waals surface area contributed by atoms with Crippen molar-refractivity contribution in [3.05, 3.63) is 65.6 Å². The quantitative estimate of drug-likeness (QED) is 0.830. The summed E-state index contributed by atoms with van der Waals surface area (Å²) in [5, 5.41) is 6.50. The molecule has 4 nitrogen and oxygen atoms in total. The van der Waals surface area contributed by atoms with Crippen LogP contribution >= 0.6 is 0 Å². The van der Waals surface area contributed by atoms with Gasteiger partial charge < -0.3 is 5.43 Å². The Bertz CT molecular complexity index is 874. The van der Waals surface area contributed by atoms with Crippen LogP contribution in [0.2, 0.25) is 0 Å². The Labute approximate surface area is 149 Å². The summed E-state index contributed by atoms with van der Waals surface area (Å²) in [5.74, 6) is 0.388. The molecular weight excluding hydrogens is 308 g/mol. The number of aromatic nitrogens is 1. The molecule has 2 aromatic rings. The SMILES string of the molecule is CC(=N/C=C(\C)C1=CCNN=C1)C(C)Cc1ccc2cnccc2c1. The minimum atomic E-state index is 0.388. The highest BCUT2D eigenvalue weighted by atomic mass is 15.3. The zero-order chi connectivity index (χ0) is 17.6. The molecule has 0 saturated heterocycles. The second kappa shape index (κ2) is 7.88. The molecule has 0 saturated carbocycles. The normalized spacial score (nSPS) is 16.5. The lowest BCUT2D eigenvalue weighted by Crippen LogP contribution is -2.12. The fourth-order valence-corrected chi connectivity index (χ4v) is 2.80. The Kier molecular flexibility index (Phi) is 5.39. The standard InChI is InChI=1S/C21H24N4/c1-15(10-18-4-5-21-13-22-8-6-19(21)11-18)17(3)23-12-16(2)20-7-9-24-25-14-20/h4-8,11-15,24H,9-10H2,1-3H3/b16-12+,23-17?. The second-order valence-corrected chi connectivity index (χ2v) is 6.52. The molecule has 0 bridgehead atoms. The number of nitrogens with one attached hydrogen (secondary N) is 1. The average molecular weight is 332 g/mol. The summed E-state index contributed by atoms with van der Waals surface area (Å²) in [6.07, 6.45) is 10.6. The van der Waals surface area contributed by atoms with Crippen LogP contribution < -0.4 is 5.43 Å². The van der Waals surface area contributed by atoms with Gasteiger partial charge in [-0.15, -0.1) is 0 Å². The van der Waals surface area contributed by atoms with E-state index in [9.17, 15) is 0 Å². The first-order valence-electron chi connectivity index (χ1n) is 8.63. The molecule has 128 valence electrons. The van der Waals surface area contributed by atoms with Crippen molar-refractivity contribution in [2.75, 3.05) is 6.54 Å². The van der Waals surface area contributed by atoms with Gasteiger partial charge in [-0.05, 0) is 54.3 Å². The Morgan fingerprint density at radius 2 is 2.16 bits per heavy atom. The zero-order valence-corrected chi connectivity index (χ0v) is 15.0. The van der Waals surface area contributed by atoms with Crippen molar-refractivity contribution < 1.29 is 0 Å². The smallest absolute Gasteiger partial charge is 0.0541 e. The van der Waals surface area contributed by atoms with E-state index in [2.05, 4.69) is 71.6 Å². The summed E-state index contributed by atoms with van der Waals surface area (Å²) in [6.45, 7) is 7.17. The number of nitrogens with zero attached hydrogens (tertiary/aromatic N) is 3. The maximum atomic E-state index is 4.68. The fourth-order valence-electron chi connectivity index (χ4n) is 2.80. The van der Waals surface area contributed by atoms with E-state index in [-0.39, 0.29) is 0 Å². The predicted octanol–water partition coefficient (Wildman–Crippen LogP) is 4.29. The van der Waals surface area contributed by atoms with Gasteiger partial charge in [-0.1, -0.05) is 31.2 Å². The fraction of sp³-hybridized carbons (Fsp3) is 0.286. The van der Waals surface area contributed by atoms with Crippen LogP contribution in [0, 0.1) is 5.92 Å². The van der Waals surface area contributed by atoms with E-state index in [4.69, 9.17) is 0 Å². The molecule has 0 fully saturated rings. The first-order chi connectivity index (χ1) is 12.1. The van der Waals surface area contributed by atoms with Gasteiger partial charge in [0.15, 0.2) is 0 Å². The summed E-state index contributed by atoms with van der Waals surface area (Å²) in [6, 6.07) is 8.64. The molecule has 0 radical (unpaired) electrons. The number of hydrogen-bond donors (Lipinski definition) is 1. The summed E-state index contributed by atoms with van der Waals surface area (Å²) in [7, 11) is 0. The number of benzene rings is 1. The molecule has 1 aromatic heterocycles. The van der Waals surface area contributed by atoms with Gasteiger partial charge in [0.1, 0.15) is 0 Å². The molecule has 1 atom stereocenters. The van der Waals surface area contributed by atoms with Crippen LogP contribution in [0.25, 0.3) is 10.8 Å². The van der Waals surface area contributed by atoms with Crippen molar-refractivity contribution in [1.82, 2.24) is 10.4 Å². The summed E-state index contributed by atoms with van der Waals surface area (Å²) in [5.41, 5.74) is 7.65. The van der Waals surface area contributed by atoms with Gasteiger partial charge in [-0.25, -0.2) is 0 Å². The van der Waals surface area contributed by atoms with E-state index in [1.54, 1.807) is 0 Å². The summed E-state index contributed by atoms with van der Waals surface area (Å²) < 4.78 is 0. The zero-order valence-electron chi connectivity index (χ0n) is 15.0. The largest absolute Gasteiger partial charge is 0.306 e. The van der Waals surface area contributed by atoms with Gasteiger partial charge in [0.05, 0.1) is 12.8 Å². The molecule has 0 amide bonds.